The number of carbonyl (C=O) groups is 2. The van der Waals surface area contributed by atoms with E-state index in [0.717, 1.165) is 31.2 Å². The molecule has 0 bridgehead atoms. The summed E-state index contributed by atoms with van der Waals surface area (Å²) >= 11 is 0. The minimum Gasteiger partial charge on any atom is -0.481 e. The quantitative estimate of drug-likeness (QED) is 0.871. The average molecular weight is 358 g/mol. The van der Waals surface area contributed by atoms with Gasteiger partial charge in [0.25, 0.3) is 0 Å². The van der Waals surface area contributed by atoms with Gasteiger partial charge >= 0.3 is 12.0 Å². The molecule has 6 heteroatoms. The van der Waals surface area contributed by atoms with Crippen LogP contribution in [0.15, 0.2) is 30.3 Å². The number of hydrogen-bond acceptors (Lipinski definition) is 3. The fourth-order valence-electron chi connectivity index (χ4n) is 4.89. The number of carboxylic acid groups (broad SMARTS) is 1. The maximum absolute atomic E-state index is 12.7. The molecule has 2 heterocycles. The maximum atomic E-state index is 12.7. The number of aliphatic carboxylic acids is 1. The molecular formula is C20H26N2O4. The first-order valence-electron chi connectivity index (χ1n) is 9.54. The molecule has 1 aliphatic carbocycles. The van der Waals surface area contributed by atoms with Gasteiger partial charge in [0.15, 0.2) is 0 Å². The molecule has 1 aromatic carbocycles. The normalized spacial score (nSPS) is 33.7. The number of urea groups is 1. The number of carbonyl (C=O) groups excluding carboxylic acids is 1. The highest BCUT2D eigenvalue weighted by Crippen LogP contribution is 2.48. The highest BCUT2D eigenvalue weighted by atomic mass is 16.5. The largest absolute Gasteiger partial charge is 0.481 e. The van der Waals surface area contributed by atoms with Crippen LogP contribution in [0.5, 0.6) is 0 Å². The monoisotopic (exact) mass is 358 g/mol. The Hall–Kier alpha value is -2.08. The SMILES string of the molecule is O=C(NC1CCOC(c2ccccc2)C1)N1C[C@@H]2CCC[C@@]2(C(=O)O)C1. The minimum absolute atomic E-state index is 0.00132. The van der Waals surface area contributed by atoms with Crippen molar-refractivity contribution >= 4 is 12.0 Å². The molecule has 1 saturated carbocycles. The summed E-state index contributed by atoms with van der Waals surface area (Å²) in [7, 11) is 0. The van der Waals surface area contributed by atoms with Gasteiger partial charge in [-0.1, -0.05) is 36.8 Å². The number of nitrogens with one attached hydrogen (secondary N) is 1. The number of ether oxygens (including phenoxy) is 1. The van der Waals surface area contributed by atoms with Gasteiger partial charge in [-0.05, 0) is 37.2 Å². The third-order valence-electron chi connectivity index (χ3n) is 6.37. The molecule has 2 N–H and O–H groups in total. The predicted molar refractivity (Wildman–Crippen MR) is 95.7 cm³/mol. The fraction of sp³-hybridized carbons (Fsp3) is 0.600. The third-order valence-corrected chi connectivity index (χ3v) is 6.37. The van der Waals surface area contributed by atoms with Crippen LogP contribution in [0.4, 0.5) is 4.79 Å². The Labute approximate surface area is 153 Å². The van der Waals surface area contributed by atoms with Crippen LogP contribution in [0.25, 0.3) is 0 Å². The van der Waals surface area contributed by atoms with E-state index in [1.54, 1.807) is 4.90 Å². The zero-order valence-electron chi connectivity index (χ0n) is 14.9. The Kier molecular flexibility index (Phi) is 4.61. The van der Waals surface area contributed by atoms with Crippen LogP contribution in [-0.2, 0) is 9.53 Å². The van der Waals surface area contributed by atoms with Crippen molar-refractivity contribution in [1.82, 2.24) is 10.2 Å². The number of benzene rings is 1. The van der Waals surface area contributed by atoms with Crippen molar-refractivity contribution in [2.45, 2.75) is 44.2 Å². The topological polar surface area (TPSA) is 78.9 Å². The lowest BCUT2D eigenvalue weighted by molar-refractivity contribution is -0.149. The van der Waals surface area contributed by atoms with Gasteiger partial charge in [0.1, 0.15) is 0 Å². The molecule has 0 radical (unpaired) electrons. The van der Waals surface area contributed by atoms with Crippen molar-refractivity contribution in [2.75, 3.05) is 19.7 Å². The van der Waals surface area contributed by atoms with Crippen molar-refractivity contribution in [1.29, 1.82) is 0 Å². The number of amides is 2. The summed E-state index contributed by atoms with van der Waals surface area (Å²) in [6.45, 7) is 1.51. The summed E-state index contributed by atoms with van der Waals surface area (Å²) in [5, 5.41) is 12.8. The summed E-state index contributed by atoms with van der Waals surface area (Å²) in [5.74, 6) is -0.650. The Morgan fingerprint density at radius 2 is 2.04 bits per heavy atom. The number of nitrogens with zero attached hydrogens (tertiary/aromatic N) is 1. The van der Waals surface area contributed by atoms with Gasteiger partial charge in [-0.3, -0.25) is 4.79 Å². The molecule has 0 spiro atoms. The van der Waals surface area contributed by atoms with Crippen LogP contribution >= 0.6 is 0 Å². The van der Waals surface area contributed by atoms with Crippen molar-refractivity contribution < 1.29 is 19.4 Å². The molecule has 2 unspecified atom stereocenters. The molecule has 3 fully saturated rings. The van der Waals surface area contributed by atoms with Gasteiger partial charge < -0.3 is 20.1 Å². The van der Waals surface area contributed by atoms with Gasteiger partial charge in [-0.15, -0.1) is 0 Å². The smallest absolute Gasteiger partial charge is 0.317 e. The van der Waals surface area contributed by atoms with Gasteiger partial charge in [0, 0.05) is 25.7 Å². The lowest BCUT2D eigenvalue weighted by Gasteiger charge is -2.32. The van der Waals surface area contributed by atoms with Crippen LogP contribution in [0.3, 0.4) is 0 Å². The van der Waals surface area contributed by atoms with Gasteiger partial charge in [-0.2, -0.15) is 0 Å². The molecule has 140 valence electrons. The Balaban J connectivity index is 1.37. The second-order valence-electron chi connectivity index (χ2n) is 7.87. The second kappa shape index (κ2) is 6.91. The first-order valence-corrected chi connectivity index (χ1v) is 9.54. The summed E-state index contributed by atoms with van der Waals surface area (Å²) in [4.78, 5) is 26.2. The van der Waals surface area contributed by atoms with Crippen LogP contribution in [-0.4, -0.2) is 47.7 Å². The summed E-state index contributed by atoms with van der Waals surface area (Å²) < 4.78 is 5.87. The zero-order valence-corrected chi connectivity index (χ0v) is 14.9. The molecular weight excluding hydrogens is 332 g/mol. The number of rotatable bonds is 3. The van der Waals surface area contributed by atoms with E-state index in [1.165, 1.54) is 0 Å². The number of hydrogen-bond donors (Lipinski definition) is 2. The third kappa shape index (κ3) is 3.07. The molecule has 2 saturated heterocycles. The lowest BCUT2D eigenvalue weighted by atomic mass is 9.81. The molecule has 1 aromatic rings. The number of fused-ring (bicyclic) bond motifs is 1. The van der Waals surface area contributed by atoms with Crippen LogP contribution < -0.4 is 5.32 Å². The Morgan fingerprint density at radius 1 is 1.23 bits per heavy atom. The molecule has 3 aliphatic rings. The van der Waals surface area contributed by atoms with Crippen LogP contribution in [0, 0.1) is 11.3 Å². The van der Waals surface area contributed by atoms with E-state index in [4.69, 9.17) is 4.74 Å². The van der Waals surface area contributed by atoms with Crippen molar-refractivity contribution in [3.05, 3.63) is 35.9 Å². The first-order chi connectivity index (χ1) is 12.6. The predicted octanol–water partition coefficient (Wildman–Crippen LogP) is 2.80. The van der Waals surface area contributed by atoms with Crippen molar-refractivity contribution in [2.24, 2.45) is 11.3 Å². The Morgan fingerprint density at radius 3 is 2.77 bits per heavy atom. The highest BCUT2D eigenvalue weighted by Gasteiger charge is 2.55. The Bertz CT molecular complexity index is 680. The van der Waals surface area contributed by atoms with Crippen LogP contribution in [0.1, 0.15) is 43.8 Å². The van der Waals surface area contributed by atoms with Crippen molar-refractivity contribution in [3.8, 4) is 0 Å². The fourth-order valence-corrected chi connectivity index (χ4v) is 4.89. The highest BCUT2D eigenvalue weighted by molar-refractivity contribution is 5.80. The summed E-state index contributed by atoms with van der Waals surface area (Å²) in [5.41, 5.74) is 0.409. The molecule has 4 rings (SSSR count). The zero-order chi connectivity index (χ0) is 18.1. The second-order valence-corrected chi connectivity index (χ2v) is 7.87. The summed E-state index contributed by atoms with van der Waals surface area (Å²) in [6, 6.07) is 10.0. The molecule has 26 heavy (non-hydrogen) atoms. The average Bonchev–Trinajstić information content (AvgIpc) is 3.21. The molecule has 2 amide bonds. The van der Waals surface area contributed by atoms with E-state index in [9.17, 15) is 14.7 Å². The first kappa shape index (κ1) is 17.3. The number of likely N-dealkylation sites (tertiary alicyclic amines) is 1. The van der Waals surface area contributed by atoms with E-state index in [-0.39, 0.29) is 24.1 Å². The molecule has 2 aliphatic heterocycles. The van der Waals surface area contributed by atoms with E-state index in [1.807, 2.05) is 30.3 Å². The van der Waals surface area contributed by atoms with Gasteiger partial charge in [0.2, 0.25) is 0 Å². The van der Waals surface area contributed by atoms with Gasteiger partial charge in [-0.25, -0.2) is 4.79 Å². The standard InChI is InChI=1S/C20H26N2O4/c23-18(24)20-9-4-7-15(20)12-22(13-20)19(25)21-16-8-10-26-17(11-16)14-5-2-1-3-6-14/h1-3,5-6,15-17H,4,7-13H2,(H,21,25)(H,23,24)/t15-,16?,17?,20+/m0/s1. The minimum atomic E-state index is -0.745. The van der Waals surface area contributed by atoms with E-state index >= 15 is 0 Å². The van der Waals surface area contributed by atoms with E-state index < -0.39 is 11.4 Å². The maximum Gasteiger partial charge on any atom is 0.317 e. The summed E-state index contributed by atoms with van der Waals surface area (Å²) in [6.07, 6.45) is 4.07. The lowest BCUT2D eigenvalue weighted by Crippen LogP contribution is -2.47. The molecule has 0 aromatic heterocycles. The number of carboxylic acids is 1. The van der Waals surface area contributed by atoms with Gasteiger partial charge in [0.05, 0.1) is 11.5 Å². The van der Waals surface area contributed by atoms with Crippen LogP contribution in [0.2, 0.25) is 0 Å². The van der Waals surface area contributed by atoms with E-state index in [0.29, 0.717) is 26.1 Å². The molecule has 6 nitrogen and oxygen atoms in total. The molecule has 4 atom stereocenters. The van der Waals surface area contributed by atoms with Crippen molar-refractivity contribution in [3.63, 3.8) is 0 Å². The van der Waals surface area contributed by atoms with E-state index in [2.05, 4.69) is 5.32 Å².